The fourth-order valence-electron chi connectivity index (χ4n) is 1.64. The molecule has 2 rings (SSSR count). The van der Waals surface area contributed by atoms with E-state index in [1.54, 1.807) is 12.3 Å². The Morgan fingerprint density at radius 1 is 1.37 bits per heavy atom. The molecule has 0 atom stereocenters. The molecule has 2 aromatic rings. The summed E-state index contributed by atoms with van der Waals surface area (Å²) in [6.45, 7) is 7.09. The molecule has 0 spiro atoms. The van der Waals surface area contributed by atoms with Gasteiger partial charge in [0.25, 0.3) is 0 Å². The van der Waals surface area contributed by atoms with Crippen molar-refractivity contribution in [2.24, 2.45) is 0 Å². The predicted octanol–water partition coefficient (Wildman–Crippen LogP) is 2.48. The molecule has 0 saturated carbocycles. The fraction of sp³-hybridized carbons (Fsp3) is 0.462. The number of rotatable bonds is 6. The quantitative estimate of drug-likeness (QED) is 0.862. The Morgan fingerprint density at radius 3 is 2.89 bits per heavy atom. The number of ether oxygens (including phenoxy) is 1. The van der Waals surface area contributed by atoms with E-state index in [0.717, 1.165) is 23.4 Å². The van der Waals surface area contributed by atoms with Crippen LogP contribution >= 0.6 is 0 Å². The Bertz CT molecular complexity index is 520. The minimum Gasteiger partial charge on any atom is -0.478 e. The zero-order valence-corrected chi connectivity index (χ0v) is 11.4. The van der Waals surface area contributed by atoms with Crippen molar-refractivity contribution in [3.05, 3.63) is 29.3 Å². The molecule has 0 fully saturated rings. The van der Waals surface area contributed by atoms with Crippen LogP contribution in [0.2, 0.25) is 0 Å². The smallest absolute Gasteiger partial charge is 0.226 e. The van der Waals surface area contributed by atoms with Crippen molar-refractivity contribution in [3.63, 3.8) is 0 Å². The molecule has 2 heterocycles. The summed E-state index contributed by atoms with van der Waals surface area (Å²) in [5.41, 5.74) is 1.91. The van der Waals surface area contributed by atoms with Gasteiger partial charge in [-0.25, -0.2) is 4.98 Å². The summed E-state index contributed by atoms with van der Waals surface area (Å²) in [7, 11) is 0. The molecule has 0 radical (unpaired) electrons. The number of nitrogens with zero attached hydrogens (tertiary/aromatic N) is 3. The van der Waals surface area contributed by atoms with Crippen LogP contribution in [0.1, 0.15) is 30.4 Å². The van der Waals surface area contributed by atoms with Gasteiger partial charge in [0.05, 0.1) is 12.3 Å². The van der Waals surface area contributed by atoms with Crippen molar-refractivity contribution in [1.82, 2.24) is 15.1 Å². The lowest BCUT2D eigenvalue weighted by Gasteiger charge is -2.07. The molecule has 0 aromatic carbocycles. The number of nitrogens with one attached hydrogen (secondary N) is 1. The van der Waals surface area contributed by atoms with Gasteiger partial charge in [-0.1, -0.05) is 12.1 Å². The first-order valence-electron chi connectivity index (χ1n) is 6.32. The summed E-state index contributed by atoms with van der Waals surface area (Å²) in [5, 5.41) is 7.05. The summed E-state index contributed by atoms with van der Waals surface area (Å²) in [6, 6.07) is 1.75. The normalized spacial score (nSPS) is 10.5. The topological polar surface area (TPSA) is 73.1 Å². The molecule has 0 aliphatic carbocycles. The summed E-state index contributed by atoms with van der Waals surface area (Å²) in [4.78, 5) is 8.43. The van der Waals surface area contributed by atoms with Gasteiger partial charge < -0.3 is 14.6 Å². The monoisotopic (exact) mass is 262 g/mol. The standard InChI is InChI=1S/C13H18N4O2/c1-4-7-18-12-5-6-14-13(16-12)15-8-11-9(2)17-19-10(11)3/h5-6H,4,7-8H2,1-3H3,(H,14,15,16). The molecule has 0 bridgehead atoms. The summed E-state index contributed by atoms with van der Waals surface area (Å²) in [5.74, 6) is 1.93. The van der Waals surface area contributed by atoms with Gasteiger partial charge in [-0.15, -0.1) is 0 Å². The van der Waals surface area contributed by atoms with Crippen LogP contribution in [0.3, 0.4) is 0 Å². The molecule has 19 heavy (non-hydrogen) atoms. The number of hydrogen-bond donors (Lipinski definition) is 1. The minimum atomic E-state index is 0.536. The van der Waals surface area contributed by atoms with Crippen molar-refractivity contribution in [2.45, 2.75) is 33.7 Å². The highest BCUT2D eigenvalue weighted by atomic mass is 16.5. The van der Waals surface area contributed by atoms with Gasteiger partial charge in [0.1, 0.15) is 5.76 Å². The van der Waals surface area contributed by atoms with Gasteiger partial charge in [-0.05, 0) is 20.3 Å². The first kappa shape index (κ1) is 13.3. The van der Waals surface area contributed by atoms with Crippen LogP contribution < -0.4 is 10.1 Å². The van der Waals surface area contributed by atoms with Crippen molar-refractivity contribution < 1.29 is 9.26 Å². The van der Waals surface area contributed by atoms with Crippen LogP contribution in [0, 0.1) is 13.8 Å². The molecule has 0 saturated heterocycles. The van der Waals surface area contributed by atoms with Gasteiger partial charge in [0.2, 0.25) is 11.8 Å². The fourth-order valence-corrected chi connectivity index (χ4v) is 1.64. The predicted molar refractivity (Wildman–Crippen MR) is 71.1 cm³/mol. The van der Waals surface area contributed by atoms with Crippen LogP contribution in [0.15, 0.2) is 16.8 Å². The van der Waals surface area contributed by atoms with Gasteiger partial charge in [0, 0.05) is 24.4 Å². The highest BCUT2D eigenvalue weighted by Gasteiger charge is 2.09. The SMILES string of the molecule is CCCOc1ccnc(NCc2c(C)noc2C)n1. The third kappa shape index (κ3) is 3.43. The van der Waals surface area contributed by atoms with Crippen LogP contribution in [0.25, 0.3) is 0 Å². The maximum Gasteiger partial charge on any atom is 0.226 e. The first-order valence-corrected chi connectivity index (χ1v) is 6.32. The molecule has 0 aliphatic heterocycles. The Hall–Kier alpha value is -2.11. The first-order chi connectivity index (χ1) is 9.20. The van der Waals surface area contributed by atoms with E-state index < -0.39 is 0 Å². The molecule has 0 unspecified atom stereocenters. The van der Waals surface area contributed by atoms with Crippen LogP contribution in [0.5, 0.6) is 5.88 Å². The maximum atomic E-state index is 5.46. The third-order valence-electron chi connectivity index (χ3n) is 2.69. The summed E-state index contributed by atoms with van der Waals surface area (Å²) < 4.78 is 10.6. The summed E-state index contributed by atoms with van der Waals surface area (Å²) in [6.07, 6.45) is 2.62. The molecule has 102 valence electrons. The second-order valence-electron chi connectivity index (χ2n) is 4.22. The van der Waals surface area contributed by atoms with E-state index >= 15 is 0 Å². The molecule has 1 N–H and O–H groups in total. The number of aryl methyl sites for hydroxylation is 2. The van der Waals surface area contributed by atoms with Crippen molar-refractivity contribution in [1.29, 1.82) is 0 Å². The largest absolute Gasteiger partial charge is 0.478 e. The van der Waals surface area contributed by atoms with E-state index in [-0.39, 0.29) is 0 Å². The Kier molecular flexibility index (Phi) is 4.33. The zero-order valence-electron chi connectivity index (χ0n) is 11.4. The van der Waals surface area contributed by atoms with Crippen molar-refractivity contribution in [3.8, 4) is 5.88 Å². The Labute approximate surface area is 112 Å². The molecule has 0 aliphatic rings. The minimum absolute atomic E-state index is 0.536. The van der Waals surface area contributed by atoms with Gasteiger partial charge in [-0.3, -0.25) is 0 Å². The van der Waals surface area contributed by atoms with E-state index in [1.807, 2.05) is 13.8 Å². The molecule has 6 heteroatoms. The lowest BCUT2D eigenvalue weighted by atomic mass is 10.2. The highest BCUT2D eigenvalue weighted by Crippen LogP contribution is 2.14. The second kappa shape index (κ2) is 6.17. The molecule has 0 amide bonds. The van der Waals surface area contributed by atoms with Crippen molar-refractivity contribution >= 4 is 5.95 Å². The second-order valence-corrected chi connectivity index (χ2v) is 4.22. The highest BCUT2D eigenvalue weighted by molar-refractivity contribution is 5.31. The number of aromatic nitrogens is 3. The summed E-state index contributed by atoms with van der Waals surface area (Å²) >= 11 is 0. The lowest BCUT2D eigenvalue weighted by molar-refractivity contribution is 0.305. The van der Waals surface area contributed by atoms with E-state index in [4.69, 9.17) is 9.26 Å². The third-order valence-corrected chi connectivity index (χ3v) is 2.69. The Balaban J connectivity index is 1.99. The Morgan fingerprint density at radius 2 is 2.21 bits per heavy atom. The number of hydrogen-bond acceptors (Lipinski definition) is 6. The van der Waals surface area contributed by atoms with Gasteiger partial charge >= 0.3 is 0 Å². The molecule has 2 aromatic heterocycles. The van der Waals surface area contributed by atoms with Crippen LogP contribution in [-0.2, 0) is 6.54 Å². The van der Waals surface area contributed by atoms with Gasteiger partial charge in [-0.2, -0.15) is 4.98 Å². The van der Waals surface area contributed by atoms with Gasteiger partial charge in [0.15, 0.2) is 0 Å². The average molecular weight is 262 g/mol. The van der Waals surface area contributed by atoms with E-state index in [9.17, 15) is 0 Å². The molecule has 6 nitrogen and oxygen atoms in total. The van der Waals surface area contributed by atoms with Crippen LogP contribution in [0.4, 0.5) is 5.95 Å². The number of anilines is 1. The molecular weight excluding hydrogens is 244 g/mol. The van der Waals surface area contributed by atoms with E-state index in [1.165, 1.54) is 0 Å². The maximum absolute atomic E-state index is 5.46. The van der Waals surface area contributed by atoms with Crippen LogP contribution in [-0.4, -0.2) is 21.7 Å². The zero-order chi connectivity index (χ0) is 13.7. The van der Waals surface area contributed by atoms with E-state index in [2.05, 4.69) is 27.4 Å². The molecular formula is C13H18N4O2. The average Bonchev–Trinajstić information content (AvgIpc) is 2.74. The van der Waals surface area contributed by atoms with E-state index in [0.29, 0.717) is 25.0 Å². The van der Waals surface area contributed by atoms with Crippen molar-refractivity contribution in [2.75, 3.05) is 11.9 Å². The lowest BCUT2D eigenvalue weighted by Crippen LogP contribution is -2.06.